The van der Waals surface area contributed by atoms with Crippen molar-refractivity contribution in [3.63, 3.8) is 0 Å². The summed E-state index contributed by atoms with van der Waals surface area (Å²) in [6.07, 6.45) is 3.87. The molecule has 1 unspecified atom stereocenters. The Morgan fingerprint density at radius 2 is 1.57 bits per heavy atom. The number of methoxy groups -OCH3 is 1. The zero-order valence-corrected chi connectivity index (χ0v) is 14.0. The van der Waals surface area contributed by atoms with Gasteiger partial charge < -0.3 is 10.5 Å². The number of benzene rings is 2. The van der Waals surface area contributed by atoms with Gasteiger partial charge >= 0.3 is 0 Å². The van der Waals surface area contributed by atoms with E-state index in [1.54, 1.807) is 7.11 Å². The van der Waals surface area contributed by atoms with Crippen molar-refractivity contribution >= 4 is 5.70 Å². The second-order valence-electron chi connectivity index (χ2n) is 6.86. The Hall–Kier alpha value is -2.22. The monoisotopic (exact) mass is 307 g/mol. The molecule has 2 heteroatoms. The summed E-state index contributed by atoms with van der Waals surface area (Å²) in [5.74, 6) is 1.31. The topological polar surface area (TPSA) is 35.2 Å². The molecule has 23 heavy (non-hydrogen) atoms. The first-order valence-corrected chi connectivity index (χ1v) is 8.22. The molecule has 1 atom stereocenters. The molecule has 0 saturated heterocycles. The average molecular weight is 307 g/mol. The van der Waals surface area contributed by atoms with Crippen molar-refractivity contribution in [2.75, 3.05) is 7.11 Å². The van der Waals surface area contributed by atoms with Crippen LogP contribution in [0.3, 0.4) is 0 Å². The van der Waals surface area contributed by atoms with Gasteiger partial charge in [0.25, 0.3) is 0 Å². The highest BCUT2D eigenvalue weighted by molar-refractivity contribution is 5.60. The molecule has 2 N–H and O–H groups in total. The summed E-state index contributed by atoms with van der Waals surface area (Å²) >= 11 is 0. The summed E-state index contributed by atoms with van der Waals surface area (Å²) < 4.78 is 5.30. The summed E-state index contributed by atoms with van der Waals surface area (Å²) in [5.41, 5.74) is 10.4. The first-order valence-electron chi connectivity index (χ1n) is 8.22. The van der Waals surface area contributed by atoms with Gasteiger partial charge in [-0.25, -0.2) is 0 Å². The lowest BCUT2D eigenvalue weighted by atomic mass is 9.59. The van der Waals surface area contributed by atoms with Crippen LogP contribution in [0.5, 0.6) is 5.75 Å². The molecule has 0 radical (unpaired) electrons. The molecule has 0 aromatic heterocycles. The Kier molecular flexibility index (Phi) is 4.16. The van der Waals surface area contributed by atoms with E-state index in [2.05, 4.69) is 62.0 Å². The average Bonchev–Trinajstić information content (AvgIpc) is 2.54. The minimum Gasteiger partial charge on any atom is -0.497 e. The summed E-state index contributed by atoms with van der Waals surface area (Å²) in [6, 6.07) is 17.1. The maximum atomic E-state index is 5.80. The van der Waals surface area contributed by atoms with Crippen LogP contribution in [0.1, 0.15) is 48.8 Å². The molecule has 2 nitrogen and oxygen atoms in total. The Balaban J connectivity index is 1.99. The largest absolute Gasteiger partial charge is 0.497 e. The van der Waals surface area contributed by atoms with E-state index >= 15 is 0 Å². The minimum atomic E-state index is 0.329. The Morgan fingerprint density at radius 1 is 1.04 bits per heavy atom. The molecule has 1 aliphatic carbocycles. The molecule has 2 aromatic carbocycles. The van der Waals surface area contributed by atoms with Gasteiger partial charge in [0, 0.05) is 11.6 Å². The standard InChI is InChI=1S/C21H25NO/c1-15(22)16-5-7-17(8-6-16)20(21(2)13-4-14-21)18-9-11-19(23-3)12-10-18/h5-12,20H,1,4,13-14,22H2,2-3H3. The van der Waals surface area contributed by atoms with Crippen molar-refractivity contribution in [1.82, 2.24) is 0 Å². The third-order valence-corrected chi connectivity index (χ3v) is 5.26. The lowest BCUT2D eigenvalue weighted by Gasteiger charge is -2.46. The summed E-state index contributed by atoms with van der Waals surface area (Å²) in [6.45, 7) is 6.22. The van der Waals surface area contributed by atoms with E-state index in [9.17, 15) is 0 Å². The molecule has 1 aliphatic rings. The first kappa shape index (κ1) is 15.7. The van der Waals surface area contributed by atoms with E-state index in [1.165, 1.54) is 30.4 Å². The lowest BCUT2D eigenvalue weighted by Crippen LogP contribution is -2.33. The van der Waals surface area contributed by atoms with Crippen LogP contribution >= 0.6 is 0 Å². The van der Waals surface area contributed by atoms with Crippen LogP contribution in [0.2, 0.25) is 0 Å². The molecule has 1 fully saturated rings. The fraction of sp³-hybridized carbons (Fsp3) is 0.333. The molecular weight excluding hydrogens is 282 g/mol. The Morgan fingerprint density at radius 3 is 1.96 bits per heavy atom. The maximum absolute atomic E-state index is 5.80. The van der Waals surface area contributed by atoms with Crippen molar-refractivity contribution in [2.24, 2.45) is 11.1 Å². The predicted molar refractivity (Wildman–Crippen MR) is 96.5 cm³/mol. The van der Waals surface area contributed by atoms with Gasteiger partial charge in [-0.05, 0) is 47.1 Å². The van der Waals surface area contributed by atoms with Crippen molar-refractivity contribution in [3.8, 4) is 5.75 Å². The molecule has 0 aliphatic heterocycles. The van der Waals surface area contributed by atoms with Gasteiger partial charge in [0.2, 0.25) is 0 Å². The van der Waals surface area contributed by atoms with Crippen LogP contribution in [0.25, 0.3) is 5.70 Å². The molecule has 0 bridgehead atoms. The zero-order valence-electron chi connectivity index (χ0n) is 14.0. The van der Waals surface area contributed by atoms with Gasteiger partial charge in [0.15, 0.2) is 0 Å². The van der Waals surface area contributed by atoms with Gasteiger partial charge in [-0.3, -0.25) is 0 Å². The van der Waals surface area contributed by atoms with Crippen molar-refractivity contribution < 1.29 is 4.74 Å². The quantitative estimate of drug-likeness (QED) is 0.848. The molecule has 0 amide bonds. The van der Waals surface area contributed by atoms with Gasteiger partial charge in [-0.2, -0.15) is 0 Å². The number of hydrogen-bond donors (Lipinski definition) is 1. The number of nitrogens with two attached hydrogens (primary N) is 1. The van der Waals surface area contributed by atoms with Gasteiger partial charge in [-0.15, -0.1) is 0 Å². The van der Waals surface area contributed by atoms with Crippen LogP contribution in [0.15, 0.2) is 55.1 Å². The van der Waals surface area contributed by atoms with E-state index in [1.807, 2.05) is 0 Å². The van der Waals surface area contributed by atoms with Gasteiger partial charge in [0.1, 0.15) is 5.75 Å². The Bertz CT molecular complexity index is 681. The van der Waals surface area contributed by atoms with E-state index in [4.69, 9.17) is 10.5 Å². The van der Waals surface area contributed by atoms with Crippen molar-refractivity contribution in [1.29, 1.82) is 0 Å². The molecule has 3 rings (SSSR count). The van der Waals surface area contributed by atoms with Gasteiger partial charge in [0.05, 0.1) is 7.11 Å². The number of rotatable bonds is 5. The van der Waals surface area contributed by atoms with Crippen LogP contribution in [-0.2, 0) is 0 Å². The molecule has 120 valence electrons. The smallest absolute Gasteiger partial charge is 0.118 e. The third-order valence-electron chi connectivity index (χ3n) is 5.26. The van der Waals surface area contributed by atoms with E-state index in [0.717, 1.165) is 11.3 Å². The Labute approximate surface area is 139 Å². The van der Waals surface area contributed by atoms with E-state index < -0.39 is 0 Å². The third kappa shape index (κ3) is 2.98. The number of hydrogen-bond acceptors (Lipinski definition) is 2. The normalized spacial score (nSPS) is 17.1. The highest BCUT2D eigenvalue weighted by atomic mass is 16.5. The molecule has 2 aromatic rings. The molecule has 0 heterocycles. The first-order chi connectivity index (χ1) is 11.0. The zero-order chi connectivity index (χ0) is 16.4. The molecule has 0 spiro atoms. The van der Waals surface area contributed by atoms with E-state index in [0.29, 0.717) is 17.0 Å². The predicted octanol–water partition coefficient (Wildman–Crippen LogP) is 4.95. The van der Waals surface area contributed by atoms with Crippen LogP contribution < -0.4 is 10.5 Å². The van der Waals surface area contributed by atoms with E-state index in [-0.39, 0.29) is 0 Å². The second-order valence-corrected chi connectivity index (χ2v) is 6.86. The summed E-state index contributed by atoms with van der Waals surface area (Å²) in [5, 5.41) is 0. The molecular formula is C21H25NO. The summed E-state index contributed by atoms with van der Waals surface area (Å²) in [4.78, 5) is 0. The van der Waals surface area contributed by atoms with Crippen LogP contribution in [0, 0.1) is 5.41 Å². The van der Waals surface area contributed by atoms with Crippen molar-refractivity contribution in [2.45, 2.75) is 32.1 Å². The number of ether oxygens (including phenoxy) is 1. The van der Waals surface area contributed by atoms with Crippen LogP contribution in [-0.4, -0.2) is 7.11 Å². The lowest BCUT2D eigenvalue weighted by molar-refractivity contribution is 0.135. The summed E-state index contributed by atoms with van der Waals surface area (Å²) in [7, 11) is 1.71. The minimum absolute atomic E-state index is 0.329. The van der Waals surface area contributed by atoms with Crippen molar-refractivity contribution in [3.05, 3.63) is 71.8 Å². The van der Waals surface area contributed by atoms with Gasteiger partial charge in [-0.1, -0.05) is 56.3 Å². The van der Waals surface area contributed by atoms with Crippen LogP contribution in [0.4, 0.5) is 0 Å². The fourth-order valence-electron chi connectivity index (χ4n) is 3.71. The SMILES string of the molecule is C=C(N)c1ccc(C(c2ccc(OC)cc2)C2(C)CCC2)cc1. The maximum Gasteiger partial charge on any atom is 0.118 e. The molecule has 1 saturated carbocycles. The second kappa shape index (κ2) is 6.11. The highest BCUT2D eigenvalue weighted by Crippen LogP contribution is 2.53. The fourth-order valence-corrected chi connectivity index (χ4v) is 3.71. The highest BCUT2D eigenvalue weighted by Gasteiger charge is 2.41.